The van der Waals surface area contributed by atoms with Crippen LogP contribution in [0.15, 0.2) is 18.2 Å². The summed E-state index contributed by atoms with van der Waals surface area (Å²) in [6, 6.07) is 5.52. The van der Waals surface area contributed by atoms with Gasteiger partial charge >= 0.3 is 0 Å². The van der Waals surface area contributed by atoms with Crippen LogP contribution in [-0.4, -0.2) is 26.7 Å². The maximum absolute atomic E-state index is 12.0. The number of carbonyl (C=O) groups is 1. The molecule has 1 aromatic rings. The Morgan fingerprint density at radius 2 is 2.00 bits per heavy atom. The topological polar surface area (TPSA) is 47.6 Å². The molecule has 1 N–H and O–H groups in total. The molecule has 0 aromatic heterocycles. The molecule has 0 saturated heterocycles. The summed E-state index contributed by atoms with van der Waals surface area (Å²) in [6.45, 7) is 0.774. The largest absolute Gasteiger partial charge is 0.497 e. The first-order chi connectivity index (χ1) is 10.2. The lowest BCUT2D eigenvalue weighted by atomic mass is 10.0. The van der Waals surface area contributed by atoms with Crippen molar-refractivity contribution in [3.63, 3.8) is 0 Å². The summed E-state index contributed by atoms with van der Waals surface area (Å²) in [7, 11) is 3.23. The molecule has 1 fully saturated rings. The van der Waals surface area contributed by atoms with Crippen LogP contribution in [0.2, 0.25) is 0 Å². The van der Waals surface area contributed by atoms with Gasteiger partial charge in [0.2, 0.25) is 5.91 Å². The van der Waals surface area contributed by atoms with E-state index in [1.54, 1.807) is 14.2 Å². The van der Waals surface area contributed by atoms with E-state index >= 15 is 0 Å². The minimum absolute atomic E-state index is 0.0413. The second kappa shape index (κ2) is 7.91. The summed E-state index contributed by atoms with van der Waals surface area (Å²) < 4.78 is 10.5. The van der Waals surface area contributed by atoms with Crippen LogP contribution in [-0.2, 0) is 11.2 Å². The first-order valence-electron chi connectivity index (χ1n) is 7.70. The molecule has 0 aliphatic heterocycles. The van der Waals surface area contributed by atoms with E-state index in [2.05, 4.69) is 5.32 Å². The van der Waals surface area contributed by atoms with E-state index in [9.17, 15) is 4.79 Å². The van der Waals surface area contributed by atoms with Crippen molar-refractivity contribution < 1.29 is 14.3 Å². The lowest BCUT2D eigenvalue weighted by molar-refractivity contribution is -0.120. The van der Waals surface area contributed by atoms with E-state index in [0.29, 0.717) is 6.42 Å². The van der Waals surface area contributed by atoms with Crippen LogP contribution in [0, 0.1) is 5.92 Å². The highest BCUT2D eigenvalue weighted by atomic mass is 16.5. The highest BCUT2D eigenvalue weighted by molar-refractivity contribution is 5.79. The van der Waals surface area contributed by atoms with Gasteiger partial charge in [0.1, 0.15) is 11.5 Å². The molecule has 0 unspecified atom stereocenters. The van der Waals surface area contributed by atoms with Gasteiger partial charge in [0, 0.05) is 12.1 Å². The van der Waals surface area contributed by atoms with Crippen molar-refractivity contribution in [2.24, 2.45) is 5.92 Å². The molecule has 4 nitrogen and oxygen atoms in total. The fraction of sp³-hybridized carbons (Fsp3) is 0.588. The minimum Gasteiger partial charge on any atom is -0.497 e. The Hall–Kier alpha value is -1.71. The first-order valence-corrected chi connectivity index (χ1v) is 7.70. The molecule has 1 saturated carbocycles. The van der Waals surface area contributed by atoms with Crippen LogP contribution in [0.4, 0.5) is 0 Å². The summed E-state index contributed by atoms with van der Waals surface area (Å²) in [5.41, 5.74) is 0.857. The smallest absolute Gasteiger partial charge is 0.224 e. The summed E-state index contributed by atoms with van der Waals surface area (Å²) in [6.07, 6.45) is 6.75. The summed E-state index contributed by atoms with van der Waals surface area (Å²) in [5, 5.41) is 3.01. The molecule has 1 aliphatic rings. The van der Waals surface area contributed by atoms with Crippen molar-refractivity contribution in [3.05, 3.63) is 23.8 Å². The second-order valence-corrected chi connectivity index (χ2v) is 5.64. The normalized spacial score (nSPS) is 15.0. The van der Waals surface area contributed by atoms with Gasteiger partial charge in [0.05, 0.1) is 20.6 Å². The lowest BCUT2D eigenvalue weighted by Crippen LogP contribution is -2.27. The molecule has 0 heterocycles. The predicted molar refractivity (Wildman–Crippen MR) is 82.8 cm³/mol. The lowest BCUT2D eigenvalue weighted by Gasteiger charge is -2.12. The van der Waals surface area contributed by atoms with Gasteiger partial charge in [-0.05, 0) is 30.5 Å². The van der Waals surface area contributed by atoms with Gasteiger partial charge in [-0.3, -0.25) is 4.79 Å². The maximum Gasteiger partial charge on any atom is 0.224 e. The fourth-order valence-corrected chi connectivity index (χ4v) is 2.97. The predicted octanol–water partition coefficient (Wildman–Crippen LogP) is 2.94. The van der Waals surface area contributed by atoms with Gasteiger partial charge in [0.25, 0.3) is 0 Å². The van der Waals surface area contributed by atoms with E-state index in [1.807, 2.05) is 18.2 Å². The van der Waals surface area contributed by atoms with E-state index in [0.717, 1.165) is 35.9 Å². The van der Waals surface area contributed by atoms with Gasteiger partial charge in [-0.25, -0.2) is 0 Å². The number of nitrogens with one attached hydrogen (secondary N) is 1. The third-order valence-electron chi connectivity index (χ3n) is 4.19. The average molecular weight is 291 g/mol. The number of methoxy groups -OCH3 is 2. The number of rotatable bonds is 7. The third-order valence-corrected chi connectivity index (χ3v) is 4.19. The van der Waals surface area contributed by atoms with Crippen LogP contribution in [0.5, 0.6) is 11.5 Å². The van der Waals surface area contributed by atoms with Crippen molar-refractivity contribution in [3.8, 4) is 11.5 Å². The maximum atomic E-state index is 12.0. The van der Waals surface area contributed by atoms with Gasteiger partial charge < -0.3 is 14.8 Å². The van der Waals surface area contributed by atoms with Crippen LogP contribution < -0.4 is 14.8 Å². The highest BCUT2D eigenvalue weighted by Gasteiger charge is 2.15. The summed E-state index contributed by atoms with van der Waals surface area (Å²) >= 11 is 0. The van der Waals surface area contributed by atoms with Crippen molar-refractivity contribution in [1.29, 1.82) is 0 Å². The summed E-state index contributed by atoms with van der Waals surface area (Å²) in [4.78, 5) is 12.0. The first kappa shape index (κ1) is 15.7. The molecule has 21 heavy (non-hydrogen) atoms. The minimum atomic E-state index is 0.0413. The standard InChI is InChI=1S/C17H25NO3/c1-20-15-7-8-16(21-2)14(11-15)12-17(19)18-10-9-13-5-3-4-6-13/h7-8,11,13H,3-6,9-10,12H2,1-2H3,(H,18,19). The Bertz CT molecular complexity index is 467. The molecule has 116 valence electrons. The molecule has 0 atom stereocenters. The third kappa shape index (κ3) is 4.66. The Morgan fingerprint density at radius 1 is 1.24 bits per heavy atom. The van der Waals surface area contributed by atoms with Gasteiger partial charge in [0.15, 0.2) is 0 Å². The Kier molecular flexibility index (Phi) is 5.90. The quantitative estimate of drug-likeness (QED) is 0.840. The second-order valence-electron chi connectivity index (χ2n) is 5.64. The van der Waals surface area contributed by atoms with E-state index in [-0.39, 0.29) is 5.91 Å². The van der Waals surface area contributed by atoms with Crippen molar-refractivity contribution in [1.82, 2.24) is 5.32 Å². The molecule has 1 aliphatic carbocycles. The molecule has 1 amide bonds. The molecular formula is C17H25NO3. The molecule has 0 spiro atoms. The molecule has 4 heteroatoms. The fourth-order valence-electron chi connectivity index (χ4n) is 2.97. The van der Waals surface area contributed by atoms with Crippen LogP contribution in [0.3, 0.4) is 0 Å². The van der Waals surface area contributed by atoms with Gasteiger partial charge in [-0.1, -0.05) is 25.7 Å². The monoisotopic (exact) mass is 291 g/mol. The molecule has 1 aromatic carbocycles. The van der Waals surface area contributed by atoms with Crippen LogP contribution in [0.1, 0.15) is 37.7 Å². The number of ether oxygens (including phenoxy) is 2. The Labute approximate surface area is 126 Å². The van der Waals surface area contributed by atoms with E-state index in [1.165, 1.54) is 25.7 Å². The van der Waals surface area contributed by atoms with Crippen LogP contribution in [0.25, 0.3) is 0 Å². The zero-order valence-corrected chi connectivity index (χ0v) is 13.0. The molecule has 0 radical (unpaired) electrons. The molecule has 2 rings (SSSR count). The Morgan fingerprint density at radius 3 is 2.67 bits per heavy atom. The molecule has 0 bridgehead atoms. The van der Waals surface area contributed by atoms with E-state index < -0.39 is 0 Å². The highest BCUT2D eigenvalue weighted by Crippen LogP contribution is 2.27. The van der Waals surface area contributed by atoms with Gasteiger partial charge in [-0.15, -0.1) is 0 Å². The van der Waals surface area contributed by atoms with Crippen LogP contribution >= 0.6 is 0 Å². The number of amides is 1. The Balaban J connectivity index is 1.83. The molecular weight excluding hydrogens is 266 g/mol. The van der Waals surface area contributed by atoms with Crippen molar-refractivity contribution in [2.75, 3.05) is 20.8 Å². The SMILES string of the molecule is COc1ccc(OC)c(CC(=O)NCCC2CCCC2)c1. The number of benzene rings is 1. The van der Waals surface area contributed by atoms with Crippen molar-refractivity contribution in [2.45, 2.75) is 38.5 Å². The number of hydrogen-bond donors (Lipinski definition) is 1. The summed E-state index contributed by atoms with van der Waals surface area (Å²) in [5.74, 6) is 2.31. The van der Waals surface area contributed by atoms with E-state index in [4.69, 9.17) is 9.47 Å². The zero-order chi connectivity index (χ0) is 15.1. The number of hydrogen-bond acceptors (Lipinski definition) is 3. The average Bonchev–Trinajstić information content (AvgIpc) is 3.00. The zero-order valence-electron chi connectivity index (χ0n) is 13.0. The van der Waals surface area contributed by atoms with Crippen molar-refractivity contribution >= 4 is 5.91 Å². The van der Waals surface area contributed by atoms with Gasteiger partial charge in [-0.2, -0.15) is 0 Å². The number of carbonyl (C=O) groups excluding carboxylic acids is 1.